The van der Waals surface area contributed by atoms with Crippen molar-refractivity contribution in [2.75, 3.05) is 5.73 Å². The fourth-order valence-corrected chi connectivity index (χ4v) is 2.30. The summed E-state index contributed by atoms with van der Waals surface area (Å²) in [5.41, 5.74) is 9.30. The number of anilines is 1. The molecule has 2 aromatic rings. The molecule has 88 valence electrons. The first-order chi connectivity index (χ1) is 8.24. The fraction of sp³-hybridized carbons (Fsp3) is 0.333. The van der Waals surface area contributed by atoms with Gasteiger partial charge in [-0.15, -0.1) is 0 Å². The van der Waals surface area contributed by atoms with Crippen LogP contribution in [-0.2, 0) is 13.1 Å². The van der Waals surface area contributed by atoms with Crippen molar-refractivity contribution in [3.8, 4) is 0 Å². The van der Waals surface area contributed by atoms with Gasteiger partial charge in [-0.1, -0.05) is 6.07 Å². The summed E-state index contributed by atoms with van der Waals surface area (Å²) in [6, 6.07) is 6.37. The highest BCUT2D eigenvalue weighted by Gasteiger charge is 2.25. The summed E-state index contributed by atoms with van der Waals surface area (Å²) in [4.78, 5) is 6.56. The molecule has 1 aliphatic rings. The zero-order valence-electron chi connectivity index (χ0n) is 9.72. The van der Waals surface area contributed by atoms with Gasteiger partial charge < -0.3 is 5.73 Å². The van der Waals surface area contributed by atoms with Gasteiger partial charge in [0.2, 0.25) is 0 Å². The van der Waals surface area contributed by atoms with E-state index in [4.69, 9.17) is 5.73 Å². The Hall–Kier alpha value is -1.88. The van der Waals surface area contributed by atoms with Gasteiger partial charge in [-0.2, -0.15) is 5.10 Å². The molecule has 0 radical (unpaired) electrons. The van der Waals surface area contributed by atoms with Crippen molar-refractivity contribution in [1.29, 1.82) is 0 Å². The standard InChI is InChI=1S/C12H15N5/c1-8(12-14-7-15-16-12)17-5-9-2-3-11(13)4-10(9)6-17/h2-4,7-8H,5-6,13H2,1H3,(H,14,15,16). The number of nitrogens with two attached hydrogens (primary N) is 1. The minimum atomic E-state index is 0.242. The van der Waals surface area contributed by atoms with Gasteiger partial charge in [-0.05, 0) is 30.2 Å². The van der Waals surface area contributed by atoms with Crippen molar-refractivity contribution in [2.45, 2.75) is 26.1 Å². The Morgan fingerprint density at radius 1 is 1.35 bits per heavy atom. The normalized spacial score (nSPS) is 17.0. The van der Waals surface area contributed by atoms with E-state index in [1.165, 1.54) is 11.1 Å². The van der Waals surface area contributed by atoms with Crippen LogP contribution in [0, 0.1) is 0 Å². The van der Waals surface area contributed by atoms with E-state index in [1.54, 1.807) is 6.33 Å². The summed E-state index contributed by atoms with van der Waals surface area (Å²) in [5.74, 6) is 0.908. The van der Waals surface area contributed by atoms with Crippen molar-refractivity contribution in [2.24, 2.45) is 0 Å². The predicted octanol–water partition coefficient (Wildman–Crippen LogP) is 1.46. The molecular weight excluding hydrogens is 214 g/mol. The summed E-state index contributed by atoms with van der Waals surface area (Å²) in [6.07, 6.45) is 1.55. The third-order valence-corrected chi connectivity index (χ3v) is 3.35. The number of H-pyrrole nitrogens is 1. The Bertz CT molecular complexity index is 520. The Morgan fingerprint density at radius 2 is 2.18 bits per heavy atom. The van der Waals surface area contributed by atoms with Crippen molar-refractivity contribution in [3.63, 3.8) is 0 Å². The van der Waals surface area contributed by atoms with Crippen LogP contribution in [0.1, 0.15) is 29.9 Å². The first kappa shape index (κ1) is 10.3. The van der Waals surface area contributed by atoms with Crippen molar-refractivity contribution in [3.05, 3.63) is 41.5 Å². The average molecular weight is 229 g/mol. The van der Waals surface area contributed by atoms with E-state index in [-0.39, 0.29) is 6.04 Å². The maximum absolute atomic E-state index is 5.80. The van der Waals surface area contributed by atoms with Crippen LogP contribution in [0.4, 0.5) is 5.69 Å². The highest BCUT2D eigenvalue weighted by molar-refractivity contribution is 5.46. The largest absolute Gasteiger partial charge is 0.399 e. The average Bonchev–Trinajstić information content (AvgIpc) is 2.96. The number of nitrogen functional groups attached to an aromatic ring is 1. The van der Waals surface area contributed by atoms with Crippen LogP contribution in [0.2, 0.25) is 0 Å². The third-order valence-electron chi connectivity index (χ3n) is 3.35. The SMILES string of the molecule is CC(c1ncn[nH]1)N1Cc2ccc(N)cc2C1. The summed E-state index contributed by atoms with van der Waals surface area (Å²) in [6.45, 7) is 4.00. The predicted molar refractivity (Wildman–Crippen MR) is 64.9 cm³/mol. The zero-order chi connectivity index (χ0) is 11.8. The number of benzene rings is 1. The van der Waals surface area contributed by atoms with Gasteiger partial charge in [0.25, 0.3) is 0 Å². The van der Waals surface area contributed by atoms with Gasteiger partial charge in [0, 0.05) is 18.8 Å². The second-order valence-electron chi connectivity index (χ2n) is 4.48. The summed E-state index contributed by atoms with van der Waals surface area (Å²) in [7, 11) is 0. The number of fused-ring (bicyclic) bond motifs is 1. The lowest BCUT2D eigenvalue weighted by Gasteiger charge is -2.21. The zero-order valence-corrected chi connectivity index (χ0v) is 9.72. The van der Waals surface area contributed by atoms with E-state index in [9.17, 15) is 0 Å². The summed E-state index contributed by atoms with van der Waals surface area (Å²) < 4.78 is 0. The number of hydrogen-bond acceptors (Lipinski definition) is 4. The maximum Gasteiger partial charge on any atom is 0.141 e. The van der Waals surface area contributed by atoms with Crippen LogP contribution in [0.5, 0.6) is 0 Å². The van der Waals surface area contributed by atoms with Crippen LogP contribution in [0.3, 0.4) is 0 Å². The number of aromatic amines is 1. The number of aromatic nitrogens is 3. The highest BCUT2D eigenvalue weighted by atomic mass is 15.3. The lowest BCUT2D eigenvalue weighted by molar-refractivity contribution is 0.207. The molecule has 0 bridgehead atoms. The van der Waals surface area contributed by atoms with E-state index in [0.29, 0.717) is 0 Å². The molecule has 0 amide bonds. The van der Waals surface area contributed by atoms with E-state index >= 15 is 0 Å². The Labute approximate surface area is 99.7 Å². The van der Waals surface area contributed by atoms with Gasteiger partial charge in [0.05, 0.1) is 6.04 Å². The van der Waals surface area contributed by atoms with Gasteiger partial charge in [-0.3, -0.25) is 10.00 Å². The molecule has 2 heterocycles. The summed E-state index contributed by atoms with van der Waals surface area (Å²) in [5, 5.41) is 6.82. The monoisotopic (exact) mass is 229 g/mol. The first-order valence-corrected chi connectivity index (χ1v) is 5.70. The van der Waals surface area contributed by atoms with Crippen LogP contribution in [0.15, 0.2) is 24.5 Å². The quantitative estimate of drug-likeness (QED) is 0.765. The molecule has 1 unspecified atom stereocenters. The number of nitrogens with one attached hydrogen (secondary N) is 1. The lowest BCUT2D eigenvalue weighted by atomic mass is 10.1. The van der Waals surface area contributed by atoms with E-state index in [2.05, 4.69) is 39.1 Å². The molecule has 0 saturated carbocycles. The number of nitrogens with zero attached hydrogens (tertiary/aromatic N) is 3. The minimum Gasteiger partial charge on any atom is -0.399 e. The Morgan fingerprint density at radius 3 is 2.94 bits per heavy atom. The first-order valence-electron chi connectivity index (χ1n) is 5.70. The second kappa shape index (κ2) is 3.85. The Balaban J connectivity index is 1.82. The smallest absolute Gasteiger partial charge is 0.141 e. The van der Waals surface area contributed by atoms with E-state index in [0.717, 1.165) is 24.6 Å². The van der Waals surface area contributed by atoms with E-state index < -0.39 is 0 Å². The highest BCUT2D eigenvalue weighted by Crippen LogP contribution is 2.30. The fourth-order valence-electron chi connectivity index (χ4n) is 2.30. The van der Waals surface area contributed by atoms with Gasteiger partial charge in [0.15, 0.2) is 0 Å². The number of hydrogen-bond donors (Lipinski definition) is 2. The van der Waals surface area contributed by atoms with Gasteiger partial charge in [0.1, 0.15) is 12.2 Å². The molecule has 5 heteroatoms. The Kier molecular flexibility index (Phi) is 2.33. The molecule has 0 fully saturated rings. The third kappa shape index (κ3) is 1.78. The molecule has 3 rings (SSSR count). The van der Waals surface area contributed by atoms with Gasteiger partial charge in [-0.25, -0.2) is 4.98 Å². The molecule has 0 aliphatic carbocycles. The molecule has 3 N–H and O–H groups in total. The molecular formula is C12H15N5. The minimum absolute atomic E-state index is 0.242. The van der Waals surface area contributed by atoms with E-state index in [1.807, 2.05) is 6.07 Å². The van der Waals surface area contributed by atoms with Crippen LogP contribution in [-0.4, -0.2) is 20.1 Å². The molecule has 1 aromatic carbocycles. The molecule has 1 aliphatic heterocycles. The molecule has 1 atom stereocenters. The van der Waals surface area contributed by atoms with Crippen LogP contribution in [0.25, 0.3) is 0 Å². The van der Waals surface area contributed by atoms with Crippen LogP contribution < -0.4 is 5.73 Å². The van der Waals surface area contributed by atoms with Gasteiger partial charge >= 0.3 is 0 Å². The van der Waals surface area contributed by atoms with Crippen LogP contribution >= 0.6 is 0 Å². The second-order valence-corrected chi connectivity index (χ2v) is 4.48. The number of rotatable bonds is 2. The van der Waals surface area contributed by atoms with Crippen molar-refractivity contribution < 1.29 is 0 Å². The molecule has 0 saturated heterocycles. The molecule has 17 heavy (non-hydrogen) atoms. The van der Waals surface area contributed by atoms with Crippen molar-refractivity contribution in [1.82, 2.24) is 20.1 Å². The molecule has 0 spiro atoms. The molecule has 5 nitrogen and oxygen atoms in total. The topological polar surface area (TPSA) is 70.8 Å². The maximum atomic E-state index is 5.80. The van der Waals surface area contributed by atoms with Crippen molar-refractivity contribution >= 4 is 5.69 Å². The summed E-state index contributed by atoms with van der Waals surface area (Å²) >= 11 is 0. The lowest BCUT2D eigenvalue weighted by Crippen LogP contribution is -2.21. The molecule has 1 aromatic heterocycles.